The predicted octanol–water partition coefficient (Wildman–Crippen LogP) is 1.99. The van der Waals surface area contributed by atoms with Crippen molar-refractivity contribution in [3.63, 3.8) is 0 Å². The van der Waals surface area contributed by atoms with Gasteiger partial charge in [0.2, 0.25) is 5.88 Å². The molecule has 2 aromatic rings. The number of rotatable bonds is 4. The van der Waals surface area contributed by atoms with E-state index in [0.717, 1.165) is 11.3 Å². The molecule has 0 fully saturated rings. The molecule has 0 unspecified atom stereocenters. The van der Waals surface area contributed by atoms with Gasteiger partial charge in [0, 0.05) is 6.20 Å². The van der Waals surface area contributed by atoms with Crippen LogP contribution in [0.2, 0.25) is 0 Å². The number of nitrogens with one attached hydrogen (secondary N) is 1. The normalized spacial score (nSPS) is 10.1. The van der Waals surface area contributed by atoms with E-state index in [1.807, 2.05) is 25.1 Å². The van der Waals surface area contributed by atoms with Gasteiger partial charge in [0.05, 0.1) is 25.0 Å². The highest BCUT2D eigenvalue weighted by atomic mass is 16.5. The molecule has 0 bridgehead atoms. The zero-order valence-electron chi connectivity index (χ0n) is 10.5. The Morgan fingerprint density at radius 2 is 2.17 bits per heavy atom. The van der Waals surface area contributed by atoms with Crippen LogP contribution >= 0.6 is 0 Å². The molecule has 0 aliphatic heterocycles. The Bertz CT molecular complexity index is 542. The van der Waals surface area contributed by atoms with Gasteiger partial charge in [-0.25, -0.2) is 0 Å². The maximum absolute atomic E-state index is 5.70. The standard InChI is InChI=1S/C13H16N4O/c1-9-4-3-7-15-11(9)8-16-12-6-5-10(14)13(17-12)18-2/h3-7H,8,14H2,1-2H3,(H,16,17). The molecule has 2 heterocycles. The molecular weight excluding hydrogens is 228 g/mol. The Morgan fingerprint density at radius 1 is 1.33 bits per heavy atom. The molecule has 0 atom stereocenters. The molecule has 0 aliphatic carbocycles. The van der Waals surface area contributed by atoms with Crippen LogP contribution in [0, 0.1) is 6.92 Å². The summed E-state index contributed by atoms with van der Waals surface area (Å²) in [5, 5.41) is 3.19. The molecule has 0 aromatic carbocycles. The first-order valence-electron chi connectivity index (χ1n) is 5.65. The van der Waals surface area contributed by atoms with E-state index in [9.17, 15) is 0 Å². The molecule has 94 valence electrons. The minimum absolute atomic E-state index is 0.428. The van der Waals surface area contributed by atoms with Crippen molar-refractivity contribution < 1.29 is 4.74 Å². The summed E-state index contributed by atoms with van der Waals surface area (Å²) in [4.78, 5) is 8.56. The van der Waals surface area contributed by atoms with Crippen molar-refractivity contribution in [1.29, 1.82) is 0 Å². The lowest BCUT2D eigenvalue weighted by Gasteiger charge is -2.09. The molecular formula is C13H16N4O. The van der Waals surface area contributed by atoms with E-state index >= 15 is 0 Å². The van der Waals surface area contributed by atoms with Crippen molar-refractivity contribution in [1.82, 2.24) is 9.97 Å². The summed E-state index contributed by atoms with van der Waals surface area (Å²) < 4.78 is 5.07. The fourth-order valence-electron chi connectivity index (χ4n) is 1.59. The van der Waals surface area contributed by atoms with Gasteiger partial charge >= 0.3 is 0 Å². The van der Waals surface area contributed by atoms with Gasteiger partial charge < -0.3 is 15.8 Å². The maximum atomic E-state index is 5.70. The van der Waals surface area contributed by atoms with Crippen molar-refractivity contribution in [2.45, 2.75) is 13.5 Å². The third-order valence-corrected chi connectivity index (χ3v) is 2.64. The molecule has 0 radical (unpaired) electrons. The fraction of sp³-hybridized carbons (Fsp3) is 0.231. The van der Waals surface area contributed by atoms with Crippen LogP contribution in [0.25, 0.3) is 0 Å². The summed E-state index contributed by atoms with van der Waals surface area (Å²) in [5.74, 6) is 1.14. The fourth-order valence-corrected chi connectivity index (χ4v) is 1.59. The molecule has 5 nitrogen and oxygen atoms in total. The number of nitrogen functional groups attached to an aromatic ring is 1. The molecule has 0 amide bonds. The number of aromatic nitrogens is 2. The number of ether oxygens (including phenoxy) is 1. The zero-order valence-corrected chi connectivity index (χ0v) is 10.5. The number of hydrogen-bond acceptors (Lipinski definition) is 5. The van der Waals surface area contributed by atoms with Gasteiger partial charge in [0.15, 0.2) is 0 Å². The van der Waals surface area contributed by atoms with E-state index in [4.69, 9.17) is 10.5 Å². The van der Waals surface area contributed by atoms with Crippen LogP contribution in [-0.2, 0) is 6.54 Å². The van der Waals surface area contributed by atoms with Gasteiger partial charge in [-0.1, -0.05) is 6.07 Å². The van der Waals surface area contributed by atoms with Gasteiger partial charge in [-0.15, -0.1) is 0 Å². The number of pyridine rings is 2. The molecule has 3 N–H and O–H groups in total. The van der Waals surface area contributed by atoms with Crippen molar-refractivity contribution in [3.8, 4) is 5.88 Å². The summed E-state index contributed by atoms with van der Waals surface area (Å²) in [6, 6.07) is 7.53. The predicted molar refractivity (Wildman–Crippen MR) is 71.5 cm³/mol. The van der Waals surface area contributed by atoms with Crippen LogP contribution in [-0.4, -0.2) is 17.1 Å². The van der Waals surface area contributed by atoms with Gasteiger partial charge in [0.1, 0.15) is 5.82 Å². The first-order chi connectivity index (χ1) is 8.70. The van der Waals surface area contributed by atoms with Crippen LogP contribution in [0.4, 0.5) is 11.5 Å². The van der Waals surface area contributed by atoms with E-state index in [1.165, 1.54) is 0 Å². The second-order valence-corrected chi connectivity index (χ2v) is 3.92. The lowest BCUT2D eigenvalue weighted by atomic mass is 10.2. The van der Waals surface area contributed by atoms with Gasteiger partial charge in [0.25, 0.3) is 0 Å². The Morgan fingerprint density at radius 3 is 2.89 bits per heavy atom. The lowest BCUT2D eigenvalue weighted by molar-refractivity contribution is 0.401. The van der Waals surface area contributed by atoms with E-state index in [-0.39, 0.29) is 0 Å². The first kappa shape index (κ1) is 12.2. The second kappa shape index (κ2) is 5.35. The van der Waals surface area contributed by atoms with Gasteiger partial charge in [-0.2, -0.15) is 4.98 Å². The van der Waals surface area contributed by atoms with Crippen LogP contribution in [0.5, 0.6) is 5.88 Å². The summed E-state index contributed by atoms with van der Waals surface area (Å²) in [6.45, 7) is 2.65. The number of methoxy groups -OCH3 is 1. The number of anilines is 2. The topological polar surface area (TPSA) is 73.1 Å². The molecule has 2 rings (SSSR count). The van der Waals surface area contributed by atoms with Crippen LogP contribution in [0.1, 0.15) is 11.3 Å². The minimum Gasteiger partial charge on any atom is -0.479 e. The largest absolute Gasteiger partial charge is 0.479 e. The van der Waals surface area contributed by atoms with E-state index < -0.39 is 0 Å². The Balaban J connectivity index is 2.09. The van der Waals surface area contributed by atoms with Crippen molar-refractivity contribution >= 4 is 11.5 Å². The smallest absolute Gasteiger partial charge is 0.238 e. The van der Waals surface area contributed by atoms with Gasteiger partial charge in [-0.3, -0.25) is 4.98 Å². The first-order valence-corrected chi connectivity index (χ1v) is 5.65. The summed E-state index contributed by atoms with van der Waals surface area (Å²) >= 11 is 0. The summed E-state index contributed by atoms with van der Waals surface area (Å²) in [5.41, 5.74) is 8.37. The maximum Gasteiger partial charge on any atom is 0.238 e. The number of nitrogens with two attached hydrogens (primary N) is 1. The van der Waals surface area contributed by atoms with E-state index in [0.29, 0.717) is 23.9 Å². The van der Waals surface area contributed by atoms with E-state index in [1.54, 1.807) is 19.4 Å². The van der Waals surface area contributed by atoms with Crippen molar-refractivity contribution in [2.24, 2.45) is 0 Å². The van der Waals surface area contributed by atoms with Crippen LogP contribution in [0.3, 0.4) is 0 Å². The summed E-state index contributed by atoms with van der Waals surface area (Å²) in [7, 11) is 1.55. The highest BCUT2D eigenvalue weighted by Crippen LogP contribution is 2.20. The van der Waals surface area contributed by atoms with Crippen LogP contribution in [0.15, 0.2) is 30.5 Å². The van der Waals surface area contributed by atoms with Gasteiger partial charge in [-0.05, 0) is 30.7 Å². The molecule has 2 aromatic heterocycles. The monoisotopic (exact) mass is 244 g/mol. The minimum atomic E-state index is 0.428. The zero-order chi connectivity index (χ0) is 13.0. The lowest BCUT2D eigenvalue weighted by Crippen LogP contribution is -2.06. The summed E-state index contributed by atoms with van der Waals surface area (Å²) in [6.07, 6.45) is 1.78. The average Bonchev–Trinajstić information content (AvgIpc) is 2.39. The van der Waals surface area contributed by atoms with Crippen molar-refractivity contribution in [2.75, 3.05) is 18.2 Å². The number of hydrogen-bond donors (Lipinski definition) is 2. The third-order valence-electron chi connectivity index (χ3n) is 2.64. The highest BCUT2D eigenvalue weighted by Gasteiger charge is 2.04. The van der Waals surface area contributed by atoms with Crippen molar-refractivity contribution in [3.05, 3.63) is 41.7 Å². The molecule has 0 saturated heterocycles. The Kier molecular flexibility index (Phi) is 3.62. The number of nitrogens with zero attached hydrogens (tertiary/aromatic N) is 2. The molecule has 0 aliphatic rings. The average molecular weight is 244 g/mol. The number of aryl methyl sites for hydroxylation is 1. The highest BCUT2D eigenvalue weighted by molar-refractivity contribution is 5.53. The quantitative estimate of drug-likeness (QED) is 0.860. The second-order valence-electron chi connectivity index (χ2n) is 3.92. The Labute approximate surface area is 106 Å². The molecule has 0 saturated carbocycles. The third kappa shape index (κ3) is 2.68. The SMILES string of the molecule is COc1nc(NCc2ncccc2C)ccc1N. The van der Waals surface area contributed by atoms with E-state index in [2.05, 4.69) is 15.3 Å². The van der Waals surface area contributed by atoms with Crippen LogP contribution < -0.4 is 15.8 Å². The molecule has 5 heteroatoms. The molecule has 18 heavy (non-hydrogen) atoms. The Hall–Kier alpha value is -2.30. The molecule has 0 spiro atoms.